The summed E-state index contributed by atoms with van der Waals surface area (Å²) in [4.78, 5) is 25.1. The molecule has 0 aliphatic carbocycles. The van der Waals surface area contributed by atoms with Gasteiger partial charge in [-0.25, -0.2) is 15.0 Å². The van der Waals surface area contributed by atoms with Crippen LogP contribution >= 0.6 is 0 Å². The molecule has 1 aromatic carbocycles. The van der Waals surface area contributed by atoms with E-state index >= 15 is 0 Å². The average molecular weight is 329 g/mol. The number of nitrogens with zero attached hydrogens (tertiary/aromatic N) is 4. The number of hydrogen-bond donors (Lipinski definition) is 1. The first-order valence-corrected chi connectivity index (χ1v) is 7.87. The van der Waals surface area contributed by atoms with Crippen molar-refractivity contribution < 1.29 is 4.79 Å². The zero-order chi connectivity index (χ0) is 17.1. The monoisotopic (exact) mass is 329 g/mol. The first kappa shape index (κ1) is 15.0. The minimum Gasteiger partial charge on any atom is -0.347 e. The van der Waals surface area contributed by atoms with E-state index in [0.29, 0.717) is 12.2 Å². The van der Waals surface area contributed by atoms with Gasteiger partial charge in [0, 0.05) is 30.5 Å². The highest BCUT2D eigenvalue weighted by Gasteiger charge is 2.08. The van der Waals surface area contributed by atoms with Crippen molar-refractivity contribution in [1.82, 2.24) is 24.8 Å². The number of hydrogen-bond acceptors (Lipinski definition) is 4. The summed E-state index contributed by atoms with van der Waals surface area (Å²) in [5.41, 5.74) is 2.13. The molecule has 3 heterocycles. The second kappa shape index (κ2) is 6.52. The van der Waals surface area contributed by atoms with Gasteiger partial charge in [-0.1, -0.05) is 30.3 Å². The van der Waals surface area contributed by atoms with E-state index in [0.717, 1.165) is 22.3 Å². The average Bonchev–Trinajstić information content (AvgIpc) is 3.21. The number of nitrogens with one attached hydrogen (secondary N) is 1. The normalized spacial score (nSPS) is 10.7. The molecular formula is C19H15N5O. The summed E-state index contributed by atoms with van der Waals surface area (Å²) in [5, 5.41) is 3.89. The maximum Gasteiger partial charge on any atom is 0.270 e. The molecule has 6 heteroatoms. The molecule has 0 saturated carbocycles. The van der Waals surface area contributed by atoms with Gasteiger partial charge < -0.3 is 5.32 Å². The maximum absolute atomic E-state index is 12.3. The van der Waals surface area contributed by atoms with E-state index in [9.17, 15) is 4.79 Å². The second-order valence-corrected chi connectivity index (χ2v) is 5.57. The fourth-order valence-corrected chi connectivity index (χ4v) is 2.53. The van der Waals surface area contributed by atoms with Gasteiger partial charge in [0.2, 0.25) is 0 Å². The highest BCUT2D eigenvalue weighted by molar-refractivity contribution is 5.94. The van der Waals surface area contributed by atoms with Crippen molar-refractivity contribution in [2.45, 2.75) is 6.54 Å². The number of imidazole rings is 1. The molecule has 25 heavy (non-hydrogen) atoms. The van der Waals surface area contributed by atoms with Crippen LogP contribution in [-0.2, 0) is 6.54 Å². The Hall–Kier alpha value is -3.54. The summed E-state index contributed by atoms with van der Waals surface area (Å²) in [6, 6.07) is 15.2. The molecular weight excluding hydrogens is 314 g/mol. The molecule has 0 bridgehead atoms. The molecule has 0 aliphatic heterocycles. The van der Waals surface area contributed by atoms with Crippen LogP contribution in [0.5, 0.6) is 0 Å². The number of carbonyl (C=O) groups excluding carboxylic acids is 1. The van der Waals surface area contributed by atoms with E-state index in [1.54, 1.807) is 24.8 Å². The number of para-hydroxylation sites is 1. The number of fused-ring (bicyclic) bond motifs is 1. The van der Waals surface area contributed by atoms with Crippen LogP contribution in [0.1, 0.15) is 16.1 Å². The third-order valence-corrected chi connectivity index (χ3v) is 3.86. The molecule has 0 unspecified atom stereocenters. The number of pyridine rings is 2. The van der Waals surface area contributed by atoms with Crippen molar-refractivity contribution in [3.63, 3.8) is 0 Å². The maximum atomic E-state index is 12.3. The fourth-order valence-electron chi connectivity index (χ4n) is 2.53. The van der Waals surface area contributed by atoms with Crippen molar-refractivity contribution in [3.05, 3.63) is 84.7 Å². The number of carbonyl (C=O) groups is 1. The Bertz CT molecular complexity index is 1010. The van der Waals surface area contributed by atoms with E-state index in [2.05, 4.69) is 20.3 Å². The Morgan fingerprint density at radius 2 is 2.00 bits per heavy atom. The van der Waals surface area contributed by atoms with Gasteiger partial charge in [0.25, 0.3) is 5.91 Å². The lowest BCUT2D eigenvalue weighted by atomic mass is 10.2. The van der Waals surface area contributed by atoms with Gasteiger partial charge in [0.1, 0.15) is 17.8 Å². The van der Waals surface area contributed by atoms with Crippen molar-refractivity contribution in [1.29, 1.82) is 0 Å². The first-order chi connectivity index (χ1) is 12.3. The highest BCUT2D eigenvalue weighted by Crippen LogP contribution is 2.12. The summed E-state index contributed by atoms with van der Waals surface area (Å²) in [6.45, 7) is 0.393. The third kappa shape index (κ3) is 3.23. The smallest absolute Gasteiger partial charge is 0.270 e. The summed E-state index contributed by atoms with van der Waals surface area (Å²) in [6.07, 6.45) is 6.96. The Balaban J connectivity index is 1.44. The van der Waals surface area contributed by atoms with Crippen LogP contribution < -0.4 is 5.32 Å². The zero-order valence-corrected chi connectivity index (χ0v) is 13.3. The summed E-state index contributed by atoms with van der Waals surface area (Å²) >= 11 is 0. The van der Waals surface area contributed by atoms with Crippen LogP contribution in [0.15, 0.2) is 73.4 Å². The largest absolute Gasteiger partial charge is 0.347 e. The minimum atomic E-state index is -0.204. The number of benzene rings is 1. The van der Waals surface area contributed by atoms with Crippen LogP contribution in [0.4, 0.5) is 0 Å². The van der Waals surface area contributed by atoms with Crippen molar-refractivity contribution in [3.8, 4) is 5.82 Å². The van der Waals surface area contributed by atoms with Gasteiger partial charge in [-0.3, -0.25) is 9.36 Å². The molecule has 122 valence electrons. The standard InChI is InChI=1S/C19H15N5O/c25-19(17-7-6-15-3-1-2-4-16(15)23-17)22-12-14-5-8-18(21-11-14)24-10-9-20-13-24/h1-11,13H,12H2,(H,22,25). The van der Waals surface area contributed by atoms with Gasteiger partial charge in [-0.05, 0) is 23.8 Å². The molecule has 0 saturated heterocycles. The van der Waals surface area contributed by atoms with E-state index in [-0.39, 0.29) is 5.91 Å². The van der Waals surface area contributed by atoms with Gasteiger partial charge in [-0.2, -0.15) is 0 Å². The predicted molar refractivity (Wildman–Crippen MR) is 94.3 cm³/mol. The summed E-state index contributed by atoms with van der Waals surface area (Å²) in [5.74, 6) is 0.577. The molecule has 4 rings (SSSR count). The SMILES string of the molecule is O=C(NCc1ccc(-n2ccnc2)nc1)c1ccc2ccccc2n1. The number of aromatic nitrogens is 4. The van der Waals surface area contributed by atoms with Crippen LogP contribution in [0.3, 0.4) is 0 Å². The van der Waals surface area contributed by atoms with Crippen LogP contribution in [0, 0.1) is 0 Å². The van der Waals surface area contributed by atoms with Gasteiger partial charge >= 0.3 is 0 Å². The predicted octanol–water partition coefficient (Wildman–Crippen LogP) is 2.75. The first-order valence-electron chi connectivity index (χ1n) is 7.87. The van der Waals surface area contributed by atoms with E-state index < -0.39 is 0 Å². The Kier molecular flexibility index (Phi) is 3.92. The molecule has 1 N–H and O–H groups in total. The molecule has 3 aromatic heterocycles. The van der Waals surface area contributed by atoms with Crippen LogP contribution in [0.2, 0.25) is 0 Å². The highest BCUT2D eigenvalue weighted by atomic mass is 16.1. The third-order valence-electron chi connectivity index (χ3n) is 3.86. The van der Waals surface area contributed by atoms with Crippen LogP contribution in [-0.4, -0.2) is 25.4 Å². The zero-order valence-electron chi connectivity index (χ0n) is 13.3. The van der Waals surface area contributed by atoms with Crippen molar-refractivity contribution >= 4 is 16.8 Å². The quantitative estimate of drug-likeness (QED) is 0.625. The fraction of sp³-hybridized carbons (Fsp3) is 0.0526. The lowest BCUT2D eigenvalue weighted by molar-refractivity contribution is 0.0946. The molecule has 4 aromatic rings. The number of rotatable bonds is 4. The molecule has 0 fully saturated rings. The number of amides is 1. The van der Waals surface area contributed by atoms with Gasteiger partial charge in [-0.15, -0.1) is 0 Å². The lowest BCUT2D eigenvalue weighted by Gasteiger charge is -2.07. The summed E-state index contributed by atoms with van der Waals surface area (Å²) < 4.78 is 1.82. The van der Waals surface area contributed by atoms with Gasteiger partial charge in [0.05, 0.1) is 5.52 Å². The molecule has 0 atom stereocenters. The van der Waals surface area contributed by atoms with E-state index in [1.807, 2.05) is 53.2 Å². The Morgan fingerprint density at radius 3 is 2.80 bits per heavy atom. The molecule has 0 radical (unpaired) electrons. The molecule has 0 aliphatic rings. The minimum absolute atomic E-state index is 0.204. The molecule has 6 nitrogen and oxygen atoms in total. The Morgan fingerprint density at radius 1 is 1.08 bits per heavy atom. The Labute approximate surface area is 144 Å². The van der Waals surface area contributed by atoms with E-state index in [4.69, 9.17) is 0 Å². The second-order valence-electron chi connectivity index (χ2n) is 5.57. The van der Waals surface area contributed by atoms with E-state index in [1.165, 1.54) is 0 Å². The molecule has 0 spiro atoms. The van der Waals surface area contributed by atoms with Crippen molar-refractivity contribution in [2.24, 2.45) is 0 Å². The lowest BCUT2D eigenvalue weighted by Crippen LogP contribution is -2.23. The van der Waals surface area contributed by atoms with Crippen LogP contribution in [0.25, 0.3) is 16.7 Å². The molecule has 1 amide bonds. The topological polar surface area (TPSA) is 72.7 Å². The van der Waals surface area contributed by atoms with Gasteiger partial charge in [0.15, 0.2) is 0 Å². The van der Waals surface area contributed by atoms with Crippen molar-refractivity contribution in [2.75, 3.05) is 0 Å². The summed E-state index contributed by atoms with van der Waals surface area (Å²) in [7, 11) is 0.